The van der Waals surface area contributed by atoms with Gasteiger partial charge < -0.3 is 4.90 Å². The molecule has 3 atom stereocenters. The fraction of sp³-hybridized carbons (Fsp3) is 0.609. The molecule has 29 heavy (non-hydrogen) atoms. The third kappa shape index (κ3) is 3.95. The van der Waals surface area contributed by atoms with Crippen LogP contribution in [0.15, 0.2) is 29.1 Å². The van der Waals surface area contributed by atoms with Crippen molar-refractivity contribution in [2.45, 2.75) is 77.5 Å². The van der Waals surface area contributed by atoms with E-state index in [-0.39, 0.29) is 11.5 Å². The zero-order chi connectivity index (χ0) is 20.5. The van der Waals surface area contributed by atoms with Gasteiger partial charge in [-0.3, -0.25) is 19.1 Å². The van der Waals surface area contributed by atoms with Crippen LogP contribution in [0.25, 0.3) is 10.9 Å². The second kappa shape index (κ2) is 8.27. The van der Waals surface area contributed by atoms with Crippen LogP contribution in [0.2, 0.25) is 0 Å². The highest BCUT2D eigenvalue weighted by Gasteiger charge is 2.36. The van der Waals surface area contributed by atoms with Crippen molar-refractivity contribution < 1.29 is 4.79 Å². The predicted molar refractivity (Wildman–Crippen MR) is 115 cm³/mol. The van der Waals surface area contributed by atoms with Gasteiger partial charge in [0.1, 0.15) is 5.82 Å². The predicted octanol–water partition coefficient (Wildman–Crippen LogP) is 2.96. The van der Waals surface area contributed by atoms with E-state index < -0.39 is 0 Å². The molecule has 6 nitrogen and oxygen atoms in total. The van der Waals surface area contributed by atoms with Crippen molar-refractivity contribution in [2.24, 2.45) is 0 Å². The lowest BCUT2D eigenvalue weighted by molar-refractivity contribution is -0.133. The zero-order valence-corrected chi connectivity index (χ0v) is 17.8. The van der Waals surface area contributed by atoms with E-state index in [0.717, 1.165) is 19.5 Å². The molecular formula is C23H32N4O2. The van der Waals surface area contributed by atoms with Gasteiger partial charge in [-0.25, -0.2) is 4.98 Å². The number of aromatic nitrogens is 2. The molecule has 6 heteroatoms. The summed E-state index contributed by atoms with van der Waals surface area (Å²) in [5.41, 5.74) is 0.655. The molecule has 2 aliphatic rings. The first-order valence-electron chi connectivity index (χ1n) is 11.0. The molecule has 4 rings (SSSR count). The fourth-order valence-electron chi connectivity index (χ4n) is 5.27. The van der Waals surface area contributed by atoms with Gasteiger partial charge in [-0.2, -0.15) is 0 Å². The first kappa shape index (κ1) is 20.1. The monoisotopic (exact) mass is 396 g/mol. The molecule has 0 bridgehead atoms. The number of likely N-dealkylation sites (tertiary alicyclic amines) is 2. The minimum Gasteiger partial charge on any atom is -0.341 e. The smallest absolute Gasteiger partial charge is 0.261 e. The average Bonchev–Trinajstić information content (AvgIpc) is 3.06. The van der Waals surface area contributed by atoms with Crippen molar-refractivity contribution in [2.75, 3.05) is 13.1 Å². The number of aryl methyl sites for hydroxylation is 1. The number of amides is 1. The summed E-state index contributed by atoms with van der Waals surface area (Å²) < 4.78 is 1.65. The number of para-hydroxylation sites is 1. The lowest BCUT2D eigenvalue weighted by Crippen LogP contribution is -2.52. The molecule has 0 N–H and O–H groups in total. The normalized spacial score (nSPS) is 25.6. The van der Waals surface area contributed by atoms with E-state index in [2.05, 4.69) is 23.7 Å². The Morgan fingerprint density at radius 1 is 1.14 bits per heavy atom. The minimum absolute atomic E-state index is 0.0582. The number of fused-ring (bicyclic) bond motifs is 1. The Morgan fingerprint density at radius 3 is 2.62 bits per heavy atom. The van der Waals surface area contributed by atoms with Crippen LogP contribution in [0.5, 0.6) is 0 Å². The number of hydrogen-bond donors (Lipinski definition) is 0. The molecule has 3 heterocycles. The molecule has 1 amide bonds. The van der Waals surface area contributed by atoms with E-state index in [9.17, 15) is 9.59 Å². The van der Waals surface area contributed by atoms with Gasteiger partial charge in [0.15, 0.2) is 0 Å². The third-order valence-electron chi connectivity index (χ3n) is 6.79. The van der Waals surface area contributed by atoms with E-state index in [1.54, 1.807) is 10.6 Å². The van der Waals surface area contributed by atoms with E-state index in [0.29, 0.717) is 47.8 Å². The Bertz CT molecular complexity index is 944. The van der Waals surface area contributed by atoms with Crippen LogP contribution in [0.4, 0.5) is 0 Å². The van der Waals surface area contributed by atoms with Crippen LogP contribution in [0.3, 0.4) is 0 Å². The standard InChI is InChI=1S/C23H32N4O2/c1-16-10-11-17(2)27(16)19-7-6-13-25(15-19)22(28)12-14-26-18(3)24-21-9-5-4-8-20(21)23(26)29/h4-5,8-9,16-17,19H,6-7,10-15H2,1-3H3/t16-,17+,19-/m1/s1. The topological polar surface area (TPSA) is 58.4 Å². The first-order chi connectivity index (χ1) is 14.0. The van der Waals surface area contributed by atoms with Crippen LogP contribution in [0, 0.1) is 6.92 Å². The van der Waals surface area contributed by atoms with Crippen LogP contribution in [0.1, 0.15) is 51.8 Å². The molecule has 2 saturated heterocycles. The Kier molecular flexibility index (Phi) is 5.72. The van der Waals surface area contributed by atoms with Crippen molar-refractivity contribution in [3.8, 4) is 0 Å². The second-order valence-electron chi connectivity index (χ2n) is 8.74. The molecule has 1 aromatic carbocycles. The summed E-state index contributed by atoms with van der Waals surface area (Å²) in [4.78, 5) is 35.0. The molecule has 2 fully saturated rings. The highest BCUT2D eigenvalue weighted by molar-refractivity contribution is 5.78. The lowest BCUT2D eigenvalue weighted by atomic mass is 10.0. The van der Waals surface area contributed by atoms with Gasteiger partial charge in [-0.1, -0.05) is 12.1 Å². The van der Waals surface area contributed by atoms with Crippen LogP contribution in [-0.2, 0) is 11.3 Å². The maximum absolute atomic E-state index is 13.0. The van der Waals surface area contributed by atoms with Gasteiger partial charge in [0.05, 0.1) is 10.9 Å². The minimum atomic E-state index is -0.0582. The van der Waals surface area contributed by atoms with E-state index in [1.807, 2.05) is 30.0 Å². The number of benzene rings is 1. The van der Waals surface area contributed by atoms with Gasteiger partial charge in [0.25, 0.3) is 5.56 Å². The molecule has 1 aromatic heterocycles. The van der Waals surface area contributed by atoms with Gasteiger partial charge in [0, 0.05) is 44.2 Å². The zero-order valence-electron chi connectivity index (χ0n) is 17.8. The van der Waals surface area contributed by atoms with E-state index in [4.69, 9.17) is 0 Å². The summed E-state index contributed by atoms with van der Waals surface area (Å²) in [7, 11) is 0. The van der Waals surface area contributed by atoms with Crippen molar-refractivity contribution in [3.63, 3.8) is 0 Å². The number of carbonyl (C=O) groups is 1. The highest BCUT2D eigenvalue weighted by Crippen LogP contribution is 2.29. The average molecular weight is 397 g/mol. The number of nitrogens with zero attached hydrogens (tertiary/aromatic N) is 4. The Hall–Kier alpha value is -2.21. The summed E-state index contributed by atoms with van der Waals surface area (Å²) in [6.07, 6.45) is 5.08. The molecule has 2 aromatic rings. The summed E-state index contributed by atoms with van der Waals surface area (Å²) in [6.45, 7) is 8.50. The summed E-state index contributed by atoms with van der Waals surface area (Å²) in [5, 5.41) is 0.612. The van der Waals surface area contributed by atoms with Crippen molar-refractivity contribution in [1.29, 1.82) is 0 Å². The van der Waals surface area contributed by atoms with Crippen molar-refractivity contribution in [3.05, 3.63) is 40.4 Å². The summed E-state index contributed by atoms with van der Waals surface area (Å²) in [5.74, 6) is 0.811. The van der Waals surface area contributed by atoms with Gasteiger partial charge in [-0.15, -0.1) is 0 Å². The van der Waals surface area contributed by atoms with E-state index >= 15 is 0 Å². The van der Waals surface area contributed by atoms with Crippen LogP contribution in [-0.4, -0.2) is 56.5 Å². The molecule has 0 radical (unpaired) electrons. The second-order valence-corrected chi connectivity index (χ2v) is 8.74. The highest BCUT2D eigenvalue weighted by atomic mass is 16.2. The van der Waals surface area contributed by atoms with Gasteiger partial charge in [0.2, 0.25) is 5.91 Å². The largest absolute Gasteiger partial charge is 0.341 e. The number of piperidine rings is 1. The molecule has 0 unspecified atom stereocenters. The van der Waals surface area contributed by atoms with E-state index in [1.165, 1.54) is 19.3 Å². The number of rotatable bonds is 4. The Labute approximate surface area is 172 Å². The lowest BCUT2D eigenvalue weighted by Gasteiger charge is -2.41. The third-order valence-corrected chi connectivity index (χ3v) is 6.79. The molecule has 0 spiro atoms. The van der Waals surface area contributed by atoms with Gasteiger partial charge in [-0.05, 0) is 58.6 Å². The Morgan fingerprint density at radius 2 is 1.86 bits per heavy atom. The Balaban J connectivity index is 1.43. The molecular weight excluding hydrogens is 364 g/mol. The quantitative estimate of drug-likeness (QED) is 0.797. The molecule has 156 valence electrons. The van der Waals surface area contributed by atoms with Crippen molar-refractivity contribution >= 4 is 16.8 Å². The van der Waals surface area contributed by atoms with Crippen molar-refractivity contribution in [1.82, 2.24) is 19.4 Å². The van der Waals surface area contributed by atoms with Crippen LogP contribution < -0.4 is 5.56 Å². The SMILES string of the molecule is Cc1nc2ccccc2c(=O)n1CCC(=O)N1CCC[C@@H](N2[C@H](C)CC[C@@H]2C)C1. The van der Waals surface area contributed by atoms with Gasteiger partial charge >= 0.3 is 0 Å². The number of hydrogen-bond acceptors (Lipinski definition) is 4. The maximum atomic E-state index is 13.0. The molecule has 0 saturated carbocycles. The number of carbonyl (C=O) groups excluding carboxylic acids is 1. The molecule has 0 aliphatic carbocycles. The summed E-state index contributed by atoms with van der Waals surface area (Å²) >= 11 is 0. The maximum Gasteiger partial charge on any atom is 0.261 e. The fourth-order valence-corrected chi connectivity index (χ4v) is 5.27. The van der Waals surface area contributed by atoms with Crippen LogP contribution >= 0.6 is 0 Å². The first-order valence-corrected chi connectivity index (χ1v) is 11.0. The summed E-state index contributed by atoms with van der Waals surface area (Å²) in [6, 6.07) is 9.07. The molecule has 2 aliphatic heterocycles.